The van der Waals surface area contributed by atoms with E-state index >= 15 is 0 Å². The van der Waals surface area contributed by atoms with Crippen molar-refractivity contribution in [2.75, 3.05) is 14.2 Å². The molecule has 2 rings (SSSR count). The summed E-state index contributed by atoms with van der Waals surface area (Å²) in [7, 11) is 3.62. The summed E-state index contributed by atoms with van der Waals surface area (Å²) in [6, 6.07) is 12.2. The van der Waals surface area contributed by atoms with Crippen LogP contribution in [0.1, 0.15) is 22.7 Å². The fourth-order valence-electron chi connectivity index (χ4n) is 2.33. The van der Waals surface area contributed by atoms with Crippen LogP contribution in [0, 0.1) is 6.92 Å². The molecule has 0 aliphatic rings. The van der Waals surface area contributed by atoms with E-state index in [2.05, 4.69) is 46.4 Å². The third kappa shape index (κ3) is 3.17. The van der Waals surface area contributed by atoms with Crippen LogP contribution in [0.5, 0.6) is 5.75 Å². The molecule has 0 aromatic heterocycles. The number of rotatable bonds is 4. The molecule has 1 atom stereocenters. The topological polar surface area (TPSA) is 21.3 Å². The third-order valence-electron chi connectivity index (χ3n) is 3.34. The van der Waals surface area contributed by atoms with Gasteiger partial charge >= 0.3 is 0 Å². The van der Waals surface area contributed by atoms with Gasteiger partial charge in [-0.2, -0.15) is 0 Å². The molecule has 2 nitrogen and oxygen atoms in total. The van der Waals surface area contributed by atoms with Crippen LogP contribution in [0.15, 0.2) is 40.9 Å². The molecule has 0 radical (unpaired) electrons. The zero-order chi connectivity index (χ0) is 14.7. The zero-order valence-electron chi connectivity index (χ0n) is 11.7. The maximum absolute atomic E-state index is 6.03. The van der Waals surface area contributed by atoms with E-state index in [-0.39, 0.29) is 6.04 Å². The van der Waals surface area contributed by atoms with Crippen molar-refractivity contribution in [2.24, 2.45) is 0 Å². The summed E-state index contributed by atoms with van der Waals surface area (Å²) >= 11 is 9.56. The van der Waals surface area contributed by atoms with E-state index in [1.54, 1.807) is 7.11 Å². The lowest BCUT2D eigenvalue weighted by molar-refractivity contribution is 0.412. The molecule has 0 saturated heterocycles. The van der Waals surface area contributed by atoms with Gasteiger partial charge in [0.1, 0.15) is 5.75 Å². The van der Waals surface area contributed by atoms with Crippen LogP contribution in [-0.4, -0.2) is 14.2 Å². The number of hydrogen-bond donors (Lipinski definition) is 1. The molecule has 2 aromatic rings. The monoisotopic (exact) mass is 353 g/mol. The van der Waals surface area contributed by atoms with Crippen molar-refractivity contribution in [1.82, 2.24) is 5.32 Å². The first-order valence-electron chi connectivity index (χ1n) is 6.33. The molecule has 20 heavy (non-hydrogen) atoms. The van der Waals surface area contributed by atoms with Crippen molar-refractivity contribution in [3.63, 3.8) is 0 Å². The number of hydrogen-bond acceptors (Lipinski definition) is 2. The van der Waals surface area contributed by atoms with E-state index in [0.717, 1.165) is 15.2 Å². The molecular formula is C16H17BrClNO. The fourth-order valence-corrected chi connectivity index (χ4v) is 3.11. The van der Waals surface area contributed by atoms with Crippen LogP contribution < -0.4 is 10.1 Å². The molecule has 0 aliphatic heterocycles. The summed E-state index contributed by atoms with van der Waals surface area (Å²) < 4.78 is 6.22. The van der Waals surface area contributed by atoms with Gasteiger partial charge < -0.3 is 10.1 Å². The highest BCUT2D eigenvalue weighted by Crippen LogP contribution is 2.32. The smallest absolute Gasteiger partial charge is 0.133 e. The number of methoxy groups -OCH3 is 1. The Kier molecular flexibility index (Phi) is 5.08. The Morgan fingerprint density at radius 1 is 1.20 bits per heavy atom. The maximum atomic E-state index is 6.03. The van der Waals surface area contributed by atoms with Crippen LogP contribution in [0.4, 0.5) is 0 Å². The summed E-state index contributed by atoms with van der Waals surface area (Å²) in [5.41, 5.74) is 3.56. The van der Waals surface area contributed by atoms with Crippen molar-refractivity contribution in [3.8, 4) is 5.75 Å². The zero-order valence-corrected chi connectivity index (χ0v) is 14.0. The van der Waals surface area contributed by atoms with Gasteiger partial charge in [-0.1, -0.05) is 23.7 Å². The van der Waals surface area contributed by atoms with Crippen LogP contribution in [0.25, 0.3) is 0 Å². The fraction of sp³-hybridized carbons (Fsp3) is 0.250. The van der Waals surface area contributed by atoms with Gasteiger partial charge in [0, 0.05) is 5.02 Å². The van der Waals surface area contributed by atoms with Crippen molar-refractivity contribution in [2.45, 2.75) is 13.0 Å². The van der Waals surface area contributed by atoms with Crippen LogP contribution >= 0.6 is 27.5 Å². The largest absolute Gasteiger partial charge is 0.496 e. The summed E-state index contributed by atoms with van der Waals surface area (Å²) in [6.07, 6.45) is 0. The molecule has 0 spiro atoms. The highest BCUT2D eigenvalue weighted by atomic mass is 79.9. The Balaban J connectivity index is 2.44. The highest BCUT2D eigenvalue weighted by Gasteiger charge is 2.15. The third-order valence-corrected chi connectivity index (χ3v) is 4.20. The second kappa shape index (κ2) is 6.61. The van der Waals surface area contributed by atoms with Gasteiger partial charge in [-0.05, 0) is 70.9 Å². The number of aryl methyl sites for hydroxylation is 1. The van der Waals surface area contributed by atoms with Crippen LogP contribution in [-0.2, 0) is 0 Å². The summed E-state index contributed by atoms with van der Waals surface area (Å²) in [4.78, 5) is 0. The Morgan fingerprint density at radius 3 is 2.50 bits per heavy atom. The first-order valence-corrected chi connectivity index (χ1v) is 7.50. The average molecular weight is 355 g/mol. The number of halogens is 2. The molecule has 1 N–H and O–H groups in total. The van der Waals surface area contributed by atoms with Gasteiger partial charge in [0.25, 0.3) is 0 Å². The summed E-state index contributed by atoms with van der Waals surface area (Å²) in [5.74, 6) is 0.830. The van der Waals surface area contributed by atoms with Gasteiger partial charge in [-0.15, -0.1) is 0 Å². The maximum Gasteiger partial charge on any atom is 0.133 e. The van der Waals surface area contributed by atoms with Gasteiger partial charge in [-0.25, -0.2) is 0 Å². The highest BCUT2D eigenvalue weighted by molar-refractivity contribution is 9.10. The molecule has 0 heterocycles. The standard InChI is InChI=1S/C16H17BrClNO/c1-10-8-12(18)5-6-13(10)16(19-2)11-4-7-15(20-3)14(17)9-11/h4-9,16,19H,1-3H3. The lowest BCUT2D eigenvalue weighted by atomic mass is 9.95. The molecule has 2 aromatic carbocycles. The van der Waals surface area contributed by atoms with Gasteiger partial charge in [0.15, 0.2) is 0 Å². The molecule has 0 bridgehead atoms. The first kappa shape index (κ1) is 15.4. The molecule has 0 amide bonds. The van der Waals surface area contributed by atoms with E-state index in [1.807, 2.05) is 25.2 Å². The number of ether oxygens (including phenoxy) is 1. The molecule has 106 valence electrons. The molecule has 0 fully saturated rings. The van der Waals surface area contributed by atoms with E-state index in [0.29, 0.717) is 0 Å². The Bertz CT molecular complexity index is 615. The van der Waals surface area contributed by atoms with E-state index < -0.39 is 0 Å². The SMILES string of the molecule is CNC(c1ccc(OC)c(Br)c1)c1ccc(Cl)cc1C. The average Bonchev–Trinajstić information content (AvgIpc) is 2.42. The van der Waals surface area contributed by atoms with Crippen molar-refractivity contribution < 1.29 is 4.74 Å². The minimum atomic E-state index is 0.120. The van der Waals surface area contributed by atoms with Gasteiger partial charge in [0.2, 0.25) is 0 Å². The lowest BCUT2D eigenvalue weighted by Gasteiger charge is -2.20. The number of nitrogens with one attached hydrogen (secondary N) is 1. The van der Waals surface area contributed by atoms with E-state index in [4.69, 9.17) is 16.3 Å². The summed E-state index contributed by atoms with van der Waals surface area (Å²) in [6.45, 7) is 2.07. The Hall–Kier alpha value is -1.03. The van der Waals surface area contributed by atoms with E-state index in [1.165, 1.54) is 16.7 Å². The minimum Gasteiger partial charge on any atom is -0.496 e. The molecular weight excluding hydrogens is 338 g/mol. The quantitative estimate of drug-likeness (QED) is 0.857. The van der Waals surface area contributed by atoms with Crippen LogP contribution in [0.2, 0.25) is 5.02 Å². The first-order chi connectivity index (χ1) is 9.56. The molecule has 1 unspecified atom stereocenters. The molecule has 0 aliphatic carbocycles. The van der Waals surface area contributed by atoms with Crippen molar-refractivity contribution in [1.29, 1.82) is 0 Å². The number of benzene rings is 2. The van der Waals surface area contributed by atoms with Crippen molar-refractivity contribution >= 4 is 27.5 Å². The second-order valence-electron chi connectivity index (χ2n) is 4.62. The minimum absolute atomic E-state index is 0.120. The van der Waals surface area contributed by atoms with Gasteiger partial charge in [0.05, 0.1) is 17.6 Å². The van der Waals surface area contributed by atoms with Crippen LogP contribution in [0.3, 0.4) is 0 Å². The van der Waals surface area contributed by atoms with Gasteiger partial charge in [-0.3, -0.25) is 0 Å². The Morgan fingerprint density at radius 2 is 1.95 bits per heavy atom. The predicted molar refractivity (Wildman–Crippen MR) is 87.8 cm³/mol. The molecule has 4 heteroatoms. The normalized spacial score (nSPS) is 12.2. The molecule has 0 saturated carbocycles. The summed E-state index contributed by atoms with van der Waals surface area (Å²) in [5, 5.41) is 4.12. The Labute approximate surface area is 133 Å². The van der Waals surface area contributed by atoms with Crippen molar-refractivity contribution in [3.05, 3.63) is 62.6 Å². The second-order valence-corrected chi connectivity index (χ2v) is 5.91. The van der Waals surface area contributed by atoms with E-state index in [9.17, 15) is 0 Å². The predicted octanol–water partition coefficient (Wildman–Crippen LogP) is 4.73. The lowest BCUT2D eigenvalue weighted by Crippen LogP contribution is -2.18.